The van der Waals surface area contributed by atoms with Gasteiger partial charge < -0.3 is 19.1 Å². The Balaban J connectivity index is 1.42. The van der Waals surface area contributed by atoms with Crippen LogP contribution in [0.25, 0.3) is 55.8 Å². The Morgan fingerprint density at radius 3 is 2.10 bits per heavy atom. The van der Waals surface area contributed by atoms with E-state index in [4.69, 9.17) is 9.47 Å². The lowest BCUT2D eigenvalue weighted by molar-refractivity contribution is -0.646. The van der Waals surface area contributed by atoms with E-state index in [0.717, 1.165) is 23.1 Å². The fraction of sp³-hybridized carbons (Fsp3) is 0.206. The average Bonchev–Trinajstić information content (AvgIpc) is 3.29. The first-order valence-electron chi connectivity index (χ1n) is 13.5. The van der Waals surface area contributed by atoms with E-state index in [-0.39, 0.29) is 6.61 Å². The molecule has 1 N–H and O–H groups in total. The van der Waals surface area contributed by atoms with Gasteiger partial charge in [-0.2, -0.15) is 4.57 Å². The van der Waals surface area contributed by atoms with Gasteiger partial charge in [-0.15, -0.1) is 0 Å². The Kier molecular flexibility index (Phi) is 7.37. The summed E-state index contributed by atoms with van der Waals surface area (Å²) in [4.78, 5) is 0. The third-order valence-corrected chi connectivity index (χ3v) is 7.42. The molecule has 4 aromatic carbocycles. The molecule has 5 heteroatoms. The summed E-state index contributed by atoms with van der Waals surface area (Å²) in [5, 5.41) is 14.6. The van der Waals surface area contributed by atoms with Gasteiger partial charge >= 0.3 is 0 Å². The van der Waals surface area contributed by atoms with Crippen LogP contribution in [0.1, 0.15) is 11.1 Å². The van der Waals surface area contributed by atoms with E-state index in [2.05, 4.69) is 112 Å². The molecular weight excluding hydrogens is 484 g/mol. The molecule has 2 heterocycles. The first-order valence-corrected chi connectivity index (χ1v) is 13.5. The molecular formula is C34H33N2O3+. The van der Waals surface area contributed by atoms with E-state index in [9.17, 15) is 5.11 Å². The third kappa shape index (κ3) is 4.81. The first kappa shape index (κ1) is 25.3. The van der Waals surface area contributed by atoms with Crippen LogP contribution < -0.4 is 4.57 Å². The molecule has 2 aromatic heterocycles. The quantitative estimate of drug-likeness (QED) is 0.133. The van der Waals surface area contributed by atoms with Crippen molar-refractivity contribution in [3.63, 3.8) is 0 Å². The maximum atomic E-state index is 9.76. The first-order chi connectivity index (χ1) is 19.3. The number of rotatable bonds is 10. The molecule has 0 atom stereocenters. The molecule has 0 bridgehead atoms. The van der Waals surface area contributed by atoms with Crippen molar-refractivity contribution in [1.82, 2.24) is 4.57 Å². The van der Waals surface area contributed by atoms with Gasteiger partial charge in [-0.25, -0.2) is 0 Å². The highest BCUT2D eigenvalue weighted by Gasteiger charge is 2.18. The highest BCUT2D eigenvalue weighted by molar-refractivity contribution is 6.09. The molecule has 196 valence electrons. The Morgan fingerprint density at radius 2 is 1.38 bits per heavy atom. The zero-order valence-corrected chi connectivity index (χ0v) is 22.2. The minimum atomic E-state index is 0.0980. The molecule has 0 saturated heterocycles. The van der Waals surface area contributed by atoms with Crippen molar-refractivity contribution in [1.29, 1.82) is 0 Å². The minimum absolute atomic E-state index is 0.0980. The normalized spacial score (nSPS) is 12.1. The molecule has 0 saturated carbocycles. The number of aromatic nitrogens is 2. The summed E-state index contributed by atoms with van der Waals surface area (Å²) in [5.74, 6) is 0. The Hall–Kier alpha value is -4.03. The van der Waals surface area contributed by atoms with Gasteiger partial charge in [0, 0.05) is 53.2 Å². The zero-order chi connectivity index (χ0) is 26.6. The van der Waals surface area contributed by atoms with Crippen LogP contribution in [0.3, 0.4) is 0 Å². The maximum absolute atomic E-state index is 9.76. The lowest BCUT2D eigenvalue weighted by Crippen LogP contribution is -2.37. The monoisotopic (exact) mass is 517 g/mol. The van der Waals surface area contributed by atoms with Crippen LogP contribution in [0.2, 0.25) is 0 Å². The largest absolute Gasteiger partial charge is 0.390 e. The summed E-state index contributed by atoms with van der Waals surface area (Å²) in [6, 6.07) is 32.2. The SMILES string of the molecule is COCCOCCn1c2ccccc2c2cc(/C=C/c3c4ccccc4[n+](CCO)c4ccccc34)ccc21. The van der Waals surface area contributed by atoms with Gasteiger partial charge in [-0.3, -0.25) is 0 Å². The van der Waals surface area contributed by atoms with Gasteiger partial charge in [0.15, 0.2) is 6.54 Å². The van der Waals surface area contributed by atoms with E-state index in [0.29, 0.717) is 26.4 Å². The van der Waals surface area contributed by atoms with Crippen LogP contribution in [0, 0.1) is 0 Å². The smallest absolute Gasteiger partial charge is 0.213 e. The number of fused-ring (bicyclic) bond motifs is 5. The molecule has 0 radical (unpaired) electrons. The number of nitrogens with zero attached hydrogens (tertiary/aromatic N) is 2. The van der Waals surface area contributed by atoms with Crippen molar-refractivity contribution >= 4 is 55.8 Å². The number of pyridine rings is 1. The fourth-order valence-corrected chi connectivity index (χ4v) is 5.66. The van der Waals surface area contributed by atoms with Gasteiger partial charge in [-0.05, 0) is 35.9 Å². The van der Waals surface area contributed by atoms with Gasteiger partial charge in [-0.1, -0.05) is 60.7 Å². The Bertz CT molecular complexity index is 1740. The molecule has 0 aliphatic carbocycles. The molecule has 0 spiro atoms. The third-order valence-electron chi connectivity index (χ3n) is 7.42. The van der Waals surface area contributed by atoms with Crippen LogP contribution in [0.15, 0.2) is 91.0 Å². The van der Waals surface area contributed by atoms with Crippen molar-refractivity contribution in [3.8, 4) is 0 Å². The lowest BCUT2D eigenvalue weighted by atomic mass is 10.00. The van der Waals surface area contributed by atoms with E-state index in [1.807, 2.05) is 0 Å². The van der Waals surface area contributed by atoms with Gasteiger partial charge in [0.05, 0.1) is 30.6 Å². The second kappa shape index (κ2) is 11.4. The Labute approximate surface area is 228 Å². The van der Waals surface area contributed by atoms with Crippen LogP contribution in [-0.2, 0) is 22.6 Å². The fourth-order valence-electron chi connectivity index (χ4n) is 5.66. The number of para-hydroxylation sites is 3. The summed E-state index contributed by atoms with van der Waals surface area (Å²) in [7, 11) is 1.69. The molecule has 5 nitrogen and oxygen atoms in total. The van der Waals surface area contributed by atoms with E-state index >= 15 is 0 Å². The number of aliphatic hydroxyl groups excluding tert-OH is 1. The van der Waals surface area contributed by atoms with Crippen molar-refractivity contribution in [2.24, 2.45) is 0 Å². The predicted octanol–water partition coefficient (Wildman–Crippen LogP) is 6.21. The van der Waals surface area contributed by atoms with Crippen LogP contribution >= 0.6 is 0 Å². The average molecular weight is 518 g/mol. The molecule has 0 unspecified atom stereocenters. The molecule has 39 heavy (non-hydrogen) atoms. The standard InChI is InChI=1S/C34H33N2O3/c1-38-22-23-39-21-19-36-33-13-7-4-10-29(33)30-24-25(15-17-34(30)36)14-16-26-27-8-2-5-11-31(27)35(18-20-37)32-12-6-3-9-28(26)32/h2-17,24,37H,18-23H2,1H3/q+1. The number of aliphatic hydroxyl groups is 1. The minimum Gasteiger partial charge on any atom is -0.390 e. The van der Waals surface area contributed by atoms with Crippen LogP contribution in [0.5, 0.6) is 0 Å². The second-order valence-corrected chi connectivity index (χ2v) is 9.71. The molecule has 0 aliphatic heterocycles. The second-order valence-electron chi connectivity index (χ2n) is 9.71. The van der Waals surface area contributed by atoms with Gasteiger partial charge in [0.2, 0.25) is 11.0 Å². The van der Waals surface area contributed by atoms with Crippen LogP contribution in [0.4, 0.5) is 0 Å². The van der Waals surface area contributed by atoms with E-state index in [1.165, 1.54) is 38.1 Å². The summed E-state index contributed by atoms with van der Waals surface area (Å²) in [5.41, 5.74) is 7.02. The number of benzene rings is 4. The Morgan fingerprint density at radius 1 is 0.718 bits per heavy atom. The highest BCUT2D eigenvalue weighted by Crippen LogP contribution is 2.31. The van der Waals surface area contributed by atoms with Crippen molar-refractivity contribution in [3.05, 3.63) is 102 Å². The van der Waals surface area contributed by atoms with Crippen molar-refractivity contribution < 1.29 is 19.1 Å². The van der Waals surface area contributed by atoms with Crippen molar-refractivity contribution in [2.45, 2.75) is 13.1 Å². The number of hydrogen-bond acceptors (Lipinski definition) is 3. The van der Waals surface area contributed by atoms with E-state index < -0.39 is 0 Å². The summed E-state index contributed by atoms with van der Waals surface area (Å²) >= 11 is 0. The van der Waals surface area contributed by atoms with Crippen LogP contribution in [-0.4, -0.2) is 43.2 Å². The van der Waals surface area contributed by atoms with Gasteiger partial charge in [0.25, 0.3) is 0 Å². The summed E-state index contributed by atoms with van der Waals surface area (Å²) < 4.78 is 15.4. The molecule has 0 aliphatic rings. The van der Waals surface area contributed by atoms with E-state index in [1.54, 1.807) is 7.11 Å². The summed E-state index contributed by atoms with van der Waals surface area (Å²) in [6.45, 7) is 3.30. The zero-order valence-electron chi connectivity index (χ0n) is 22.2. The number of ether oxygens (including phenoxy) is 2. The lowest BCUT2D eigenvalue weighted by Gasteiger charge is -2.09. The number of methoxy groups -OCH3 is 1. The molecule has 0 amide bonds. The topological polar surface area (TPSA) is 47.5 Å². The number of hydrogen-bond donors (Lipinski definition) is 1. The molecule has 6 aromatic rings. The predicted molar refractivity (Wildman–Crippen MR) is 160 cm³/mol. The maximum Gasteiger partial charge on any atom is 0.213 e. The van der Waals surface area contributed by atoms with Gasteiger partial charge in [0.1, 0.15) is 6.61 Å². The van der Waals surface area contributed by atoms with Crippen molar-refractivity contribution in [2.75, 3.05) is 33.5 Å². The highest BCUT2D eigenvalue weighted by atomic mass is 16.5. The molecule has 0 fully saturated rings. The summed E-state index contributed by atoms with van der Waals surface area (Å²) in [6.07, 6.45) is 4.45. The molecule has 6 rings (SSSR count).